The van der Waals surface area contributed by atoms with Gasteiger partial charge in [0, 0.05) is 13.0 Å². The number of ether oxygens (including phenoxy) is 1. The zero-order chi connectivity index (χ0) is 10.8. The average Bonchev–Trinajstić information content (AvgIpc) is 2.14. The van der Waals surface area contributed by atoms with E-state index in [1.165, 1.54) is 0 Å². The van der Waals surface area contributed by atoms with Gasteiger partial charge >= 0.3 is 0 Å². The Kier molecular flexibility index (Phi) is 8.65. The van der Waals surface area contributed by atoms with Crippen molar-refractivity contribution >= 4 is 0 Å². The van der Waals surface area contributed by atoms with Gasteiger partial charge in [0.2, 0.25) is 0 Å². The Morgan fingerprint density at radius 2 is 2.21 bits per heavy atom. The molecule has 0 aromatic heterocycles. The molecule has 0 spiro atoms. The number of hydrogen-bond acceptors (Lipinski definition) is 3. The minimum Gasteiger partial charge on any atom is -0.389 e. The summed E-state index contributed by atoms with van der Waals surface area (Å²) in [4.78, 5) is 0. The van der Waals surface area contributed by atoms with E-state index < -0.39 is 6.10 Å². The number of nitrogens with one attached hydrogen (secondary N) is 1. The fraction of sp³-hybridized carbons (Fsp3) is 0.818. The number of aliphatic hydroxyl groups is 1. The van der Waals surface area contributed by atoms with Crippen LogP contribution >= 0.6 is 0 Å². The van der Waals surface area contributed by atoms with E-state index in [1.54, 1.807) is 0 Å². The smallest absolute Gasteiger partial charge is 0.0897 e. The first-order valence-corrected chi connectivity index (χ1v) is 5.10. The van der Waals surface area contributed by atoms with Crippen LogP contribution in [0.3, 0.4) is 0 Å². The van der Waals surface area contributed by atoms with Crippen LogP contribution in [0.5, 0.6) is 0 Å². The van der Waals surface area contributed by atoms with Crippen molar-refractivity contribution in [3.8, 4) is 12.3 Å². The van der Waals surface area contributed by atoms with Gasteiger partial charge in [-0.2, -0.15) is 0 Å². The van der Waals surface area contributed by atoms with Crippen molar-refractivity contribution in [2.75, 3.05) is 19.7 Å². The summed E-state index contributed by atoms with van der Waals surface area (Å²) in [5, 5.41) is 12.5. The van der Waals surface area contributed by atoms with Crippen LogP contribution < -0.4 is 5.32 Å². The summed E-state index contributed by atoms with van der Waals surface area (Å²) in [6.45, 7) is 5.71. The number of aliphatic hydroxyl groups excluding tert-OH is 1. The highest BCUT2D eigenvalue weighted by Crippen LogP contribution is 1.91. The summed E-state index contributed by atoms with van der Waals surface area (Å²) in [6.07, 6.45) is 6.59. The summed E-state index contributed by atoms with van der Waals surface area (Å²) < 4.78 is 5.26. The Morgan fingerprint density at radius 1 is 1.50 bits per heavy atom. The van der Waals surface area contributed by atoms with Gasteiger partial charge in [0.05, 0.1) is 18.8 Å². The topological polar surface area (TPSA) is 41.5 Å². The first kappa shape index (κ1) is 13.4. The quantitative estimate of drug-likeness (QED) is 0.448. The molecule has 0 aliphatic heterocycles. The predicted octanol–water partition coefficient (Wildman–Crippen LogP) is 0.775. The molecule has 14 heavy (non-hydrogen) atoms. The van der Waals surface area contributed by atoms with E-state index in [-0.39, 0.29) is 6.10 Å². The molecule has 1 unspecified atom stereocenters. The Labute approximate surface area is 86.8 Å². The SMILES string of the molecule is C#CCCCNCC(O)COC(C)C. The molecule has 0 bridgehead atoms. The molecule has 82 valence electrons. The molecule has 0 aliphatic rings. The molecule has 0 aliphatic carbocycles. The van der Waals surface area contributed by atoms with Gasteiger partial charge in [0.15, 0.2) is 0 Å². The maximum atomic E-state index is 9.43. The predicted molar refractivity (Wildman–Crippen MR) is 58.0 cm³/mol. The molecule has 0 fully saturated rings. The van der Waals surface area contributed by atoms with Gasteiger partial charge in [0.25, 0.3) is 0 Å². The monoisotopic (exact) mass is 199 g/mol. The summed E-state index contributed by atoms with van der Waals surface area (Å²) in [5.74, 6) is 2.57. The Hall–Kier alpha value is -0.560. The summed E-state index contributed by atoms with van der Waals surface area (Å²) in [6, 6.07) is 0. The molecule has 0 saturated heterocycles. The fourth-order valence-electron chi connectivity index (χ4n) is 0.947. The third kappa shape index (κ3) is 9.53. The van der Waals surface area contributed by atoms with E-state index in [4.69, 9.17) is 11.2 Å². The van der Waals surface area contributed by atoms with E-state index in [2.05, 4.69) is 11.2 Å². The van der Waals surface area contributed by atoms with Crippen LogP contribution in [0, 0.1) is 12.3 Å². The summed E-state index contributed by atoms with van der Waals surface area (Å²) in [5.41, 5.74) is 0. The molecule has 0 aromatic carbocycles. The molecule has 0 saturated carbocycles. The van der Waals surface area contributed by atoms with Gasteiger partial charge < -0.3 is 15.2 Å². The van der Waals surface area contributed by atoms with E-state index in [0.29, 0.717) is 13.2 Å². The van der Waals surface area contributed by atoms with Crippen LogP contribution in [0.25, 0.3) is 0 Å². The fourth-order valence-corrected chi connectivity index (χ4v) is 0.947. The third-order valence-corrected chi connectivity index (χ3v) is 1.68. The molecular weight excluding hydrogens is 178 g/mol. The normalized spacial score (nSPS) is 12.8. The highest BCUT2D eigenvalue weighted by molar-refractivity contribution is 4.83. The van der Waals surface area contributed by atoms with Gasteiger partial charge in [-0.05, 0) is 26.8 Å². The van der Waals surface area contributed by atoms with Crippen molar-refractivity contribution in [2.45, 2.75) is 38.9 Å². The zero-order valence-electron chi connectivity index (χ0n) is 9.12. The molecular formula is C11H21NO2. The number of rotatable bonds is 8. The number of unbranched alkanes of at least 4 members (excludes halogenated alkanes) is 1. The number of hydrogen-bond donors (Lipinski definition) is 2. The van der Waals surface area contributed by atoms with Crippen LogP contribution in [0.4, 0.5) is 0 Å². The summed E-state index contributed by atoms with van der Waals surface area (Å²) >= 11 is 0. The van der Waals surface area contributed by atoms with Gasteiger partial charge in [-0.15, -0.1) is 12.3 Å². The van der Waals surface area contributed by atoms with Crippen molar-refractivity contribution < 1.29 is 9.84 Å². The Balaban J connectivity index is 3.19. The molecule has 1 atom stereocenters. The molecule has 0 radical (unpaired) electrons. The average molecular weight is 199 g/mol. The van der Waals surface area contributed by atoms with E-state index in [9.17, 15) is 5.11 Å². The maximum absolute atomic E-state index is 9.43. The summed E-state index contributed by atoms with van der Waals surface area (Å²) in [7, 11) is 0. The van der Waals surface area contributed by atoms with E-state index in [0.717, 1.165) is 19.4 Å². The van der Waals surface area contributed by atoms with Crippen LogP contribution in [-0.2, 0) is 4.74 Å². The van der Waals surface area contributed by atoms with Gasteiger partial charge in [0.1, 0.15) is 0 Å². The van der Waals surface area contributed by atoms with Crippen molar-refractivity contribution in [3.63, 3.8) is 0 Å². The molecule has 0 heterocycles. The third-order valence-electron chi connectivity index (χ3n) is 1.68. The molecule has 0 rings (SSSR count). The van der Waals surface area contributed by atoms with Crippen molar-refractivity contribution in [1.82, 2.24) is 5.32 Å². The lowest BCUT2D eigenvalue weighted by molar-refractivity contribution is 0.00648. The van der Waals surface area contributed by atoms with Crippen LogP contribution in [0.2, 0.25) is 0 Å². The number of terminal acetylenes is 1. The molecule has 3 nitrogen and oxygen atoms in total. The van der Waals surface area contributed by atoms with E-state index >= 15 is 0 Å². The highest BCUT2D eigenvalue weighted by atomic mass is 16.5. The lowest BCUT2D eigenvalue weighted by atomic mass is 10.3. The molecule has 0 aromatic rings. The largest absolute Gasteiger partial charge is 0.389 e. The lowest BCUT2D eigenvalue weighted by Crippen LogP contribution is -2.31. The minimum absolute atomic E-state index is 0.172. The van der Waals surface area contributed by atoms with Crippen LogP contribution in [0.15, 0.2) is 0 Å². The Bertz CT molecular complexity index is 163. The minimum atomic E-state index is -0.428. The second-order valence-corrected chi connectivity index (χ2v) is 3.55. The molecule has 3 heteroatoms. The van der Waals surface area contributed by atoms with Gasteiger partial charge in [-0.1, -0.05) is 0 Å². The van der Waals surface area contributed by atoms with Crippen molar-refractivity contribution in [1.29, 1.82) is 0 Å². The second-order valence-electron chi connectivity index (χ2n) is 3.55. The first-order valence-electron chi connectivity index (χ1n) is 5.10. The van der Waals surface area contributed by atoms with Crippen LogP contribution in [-0.4, -0.2) is 37.0 Å². The highest BCUT2D eigenvalue weighted by Gasteiger charge is 2.04. The standard InChI is InChI=1S/C11H21NO2/c1-4-5-6-7-12-8-11(13)9-14-10(2)3/h1,10-13H,5-9H2,2-3H3. The van der Waals surface area contributed by atoms with Crippen molar-refractivity contribution in [2.24, 2.45) is 0 Å². The first-order chi connectivity index (χ1) is 6.66. The van der Waals surface area contributed by atoms with Crippen molar-refractivity contribution in [3.05, 3.63) is 0 Å². The van der Waals surface area contributed by atoms with Gasteiger partial charge in [-0.3, -0.25) is 0 Å². The van der Waals surface area contributed by atoms with E-state index in [1.807, 2.05) is 13.8 Å². The molecule has 0 amide bonds. The zero-order valence-corrected chi connectivity index (χ0v) is 9.12. The Morgan fingerprint density at radius 3 is 2.79 bits per heavy atom. The maximum Gasteiger partial charge on any atom is 0.0897 e. The van der Waals surface area contributed by atoms with Gasteiger partial charge in [-0.25, -0.2) is 0 Å². The lowest BCUT2D eigenvalue weighted by Gasteiger charge is -2.13. The van der Waals surface area contributed by atoms with Crippen LogP contribution in [0.1, 0.15) is 26.7 Å². The second kappa shape index (κ2) is 9.01. The molecule has 2 N–H and O–H groups in total.